The average Bonchev–Trinajstić information content (AvgIpc) is 3.10. The fraction of sp³-hybridized carbons (Fsp3) is 0.192. The summed E-state index contributed by atoms with van der Waals surface area (Å²) in [6.07, 6.45) is 3.77. The SMILES string of the molecule is CCc1ccc(NC2=C[C@H](c3cccc(F)c3)N(c3ccc(CC)cc3)C2=O)cc1. The van der Waals surface area contributed by atoms with Crippen molar-refractivity contribution in [2.75, 3.05) is 10.2 Å². The molecule has 1 atom stereocenters. The molecule has 0 radical (unpaired) electrons. The van der Waals surface area contributed by atoms with Crippen LogP contribution in [0.25, 0.3) is 0 Å². The van der Waals surface area contributed by atoms with Gasteiger partial charge in [0.15, 0.2) is 0 Å². The van der Waals surface area contributed by atoms with Gasteiger partial charge in [-0.25, -0.2) is 4.39 Å². The highest BCUT2D eigenvalue weighted by molar-refractivity contribution is 6.11. The molecule has 3 aromatic carbocycles. The molecule has 4 heteroatoms. The van der Waals surface area contributed by atoms with Gasteiger partial charge in [0, 0.05) is 11.4 Å². The molecule has 0 bridgehead atoms. The second-order valence-corrected chi connectivity index (χ2v) is 7.45. The molecule has 3 nitrogen and oxygen atoms in total. The second kappa shape index (κ2) is 8.54. The molecule has 1 amide bonds. The van der Waals surface area contributed by atoms with Gasteiger partial charge in [0.05, 0.1) is 6.04 Å². The van der Waals surface area contributed by atoms with E-state index in [-0.39, 0.29) is 17.8 Å². The van der Waals surface area contributed by atoms with E-state index in [9.17, 15) is 9.18 Å². The Labute approximate surface area is 176 Å². The molecule has 4 rings (SSSR count). The van der Waals surface area contributed by atoms with Crippen molar-refractivity contribution < 1.29 is 9.18 Å². The minimum Gasteiger partial charge on any atom is -0.351 e. The predicted octanol–water partition coefficient (Wildman–Crippen LogP) is 6.03. The number of benzene rings is 3. The average molecular weight is 400 g/mol. The summed E-state index contributed by atoms with van der Waals surface area (Å²) in [6, 6.07) is 22.1. The maximum Gasteiger partial charge on any atom is 0.275 e. The van der Waals surface area contributed by atoms with Crippen molar-refractivity contribution >= 4 is 17.3 Å². The van der Waals surface area contributed by atoms with E-state index in [4.69, 9.17) is 0 Å². The molecule has 0 saturated carbocycles. The lowest BCUT2D eigenvalue weighted by molar-refractivity contribution is -0.114. The number of nitrogens with zero attached hydrogens (tertiary/aromatic N) is 1. The third-order valence-corrected chi connectivity index (χ3v) is 5.51. The molecule has 0 aromatic heterocycles. The summed E-state index contributed by atoms with van der Waals surface area (Å²) in [6.45, 7) is 4.20. The summed E-state index contributed by atoms with van der Waals surface area (Å²) in [5, 5.41) is 3.25. The molecule has 0 spiro atoms. The molecule has 3 aromatic rings. The molecule has 1 aliphatic heterocycles. The van der Waals surface area contributed by atoms with E-state index in [1.54, 1.807) is 11.0 Å². The standard InChI is InChI=1S/C26H25FN2O/c1-3-18-8-12-22(13-9-18)28-24-17-25(20-6-5-7-21(27)16-20)29(26(24)30)23-14-10-19(4-2)11-15-23/h5-17,25,28H,3-4H2,1-2H3/t25-/m1/s1. The van der Waals surface area contributed by atoms with Crippen LogP contribution in [0, 0.1) is 5.82 Å². The molecule has 0 saturated heterocycles. The largest absolute Gasteiger partial charge is 0.351 e. The van der Waals surface area contributed by atoms with E-state index in [0.29, 0.717) is 5.70 Å². The third kappa shape index (κ3) is 3.99. The molecular formula is C26H25FN2O. The van der Waals surface area contributed by atoms with Gasteiger partial charge in [-0.2, -0.15) is 0 Å². The van der Waals surface area contributed by atoms with Crippen LogP contribution in [0.15, 0.2) is 84.6 Å². The monoisotopic (exact) mass is 400 g/mol. The zero-order chi connectivity index (χ0) is 21.1. The van der Waals surface area contributed by atoms with Gasteiger partial charge in [0.1, 0.15) is 11.5 Å². The van der Waals surface area contributed by atoms with E-state index >= 15 is 0 Å². The van der Waals surface area contributed by atoms with Crippen LogP contribution in [0.4, 0.5) is 15.8 Å². The number of hydrogen-bond acceptors (Lipinski definition) is 2. The summed E-state index contributed by atoms with van der Waals surface area (Å²) in [7, 11) is 0. The molecule has 1 heterocycles. The Balaban J connectivity index is 1.69. The van der Waals surface area contributed by atoms with Gasteiger partial charge in [0.25, 0.3) is 5.91 Å². The fourth-order valence-electron chi connectivity index (χ4n) is 3.74. The van der Waals surface area contributed by atoms with Crippen molar-refractivity contribution in [1.82, 2.24) is 0 Å². The Bertz CT molecular complexity index is 1070. The maximum absolute atomic E-state index is 13.9. The number of halogens is 1. The summed E-state index contributed by atoms with van der Waals surface area (Å²) in [5.74, 6) is -0.445. The Hall–Kier alpha value is -3.40. The van der Waals surface area contributed by atoms with Crippen LogP contribution in [0.3, 0.4) is 0 Å². The first-order valence-corrected chi connectivity index (χ1v) is 10.3. The van der Waals surface area contributed by atoms with Gasteiger partial charge in [-0.05, 0) is 72.0 Å². The van der Waals surface area contributed by atoms with Crippen LogP contribution in [-0.4, -0.2) is 5.91 Å². The van der Waals surface area contributed by atoms with Crippen molar-refractivity contribution in [2.45, 2.75) is 32.7 Å². The van der Waals surface area contributed by atoms with Crippen LogP contribution in [-0.2, 0) is 17.6 Å². The topological polar surface area (TPSA) is 32.3 Å². The Kier molecular flexibility index (Phi) is 5.66. The summed E-state index contributed by atoms with van der Waals surface area (Å²) in [4.78, 5) is 15.1. The lowest BCUT2D eigenvalue weighted by Gasteiger charge is -2.25. The van der Waals surface area contributed by atoms with E-state index < -0.39 is 0 Å². The van der Waals surface area contributed by atoms with Crippen LogP contribution >= 0.6 is 0 Å². The van der Waals surface area contributed by atoms with Gasteiger partial charge in [-0.15, -0.1) is 0 Å². The molecule has 1 aliphatic rings. The number of rotatable bonds is 6. The Morgan fingerprint density at radius 2 is 1.53 bits per heavy atom. The summed E-state index contributed by atoms with van der Waals surface area (Å²) < 4.78 is 13.9. The number of amides is 1. The zero-order valence-corrected chi connectivity index (χ0v) is 17.2. The first-order valence-electron chi connectivity index (χ1n) is 10.3. The quantitative estimate of drug-likeness (QED) is 0.547. The minimum absolute atomic E-state index is 0.131. The lowest BCUT2D eigenvalue weighted by atomic mass is 10.1. The smallest absolute Gasteiger partial charge is 0.275 e. The van der Waals surface area contributed by atoms with Gasteiger partial charge in [-0.3, -0.25) is 9.69 Å². The number of aryl methyl sites for hydroxylation is 2. The van der Waals surface area contributed by atoms with Crippen LogP contribution in [0.2, 0.25) is 0 Å². The van der Waals surface area contributed by atoms with Gasteiger partial charge in [-0.1, -0.05) is 50.2 Å². The highest BCUT2D eigenvalue weighted by Gasteiger charge is 2.34. The molecule has 1 N–H and O–H groups in total. The van der Waals surface area contributed by atoms with Gasteiger partial charge >= 0.3 is 0 Å². The van der Waals surface area contributed by atoms with Gasteiger partial charge < -0.3 is 5.32 Å². The summed E-state index contributed by atoms with van der Waals surface area (Å²) >= 11 is 0. The number of hydrogen-bond donors (Lipinski definition) is 1. The molecule has 0 aliphatic carbocycles. The zero-order valence-electron chi connectivity index (χ0n) is 17.2. The molecule has 0 unspecified atom stereocenters. The van der Waals surface area contributed by atoms with Crippen molar-refractivity contribution in [2.24, 2.45) is 0 Å². The first-order chi connectivity index (χ1) is 14.6. The molecule has 152 valence electrons. The van der Waals surface area contributed by atoms with Crippen molar-refractivity contribution in [3.8, 4) is 0 Å². The number of nitrogens with one attached hydrogen (secondary N) is 1. The normalized spacial score (nSPS) is 16.0. The molecule has 0 fully saturated rings. The van der Waals surface area contributed by atoms with E-state index in [1.165, 1.54) is 23.3 Å². The number of carbonyl (C=O) groups excluding carboxylic acids is 1. The van der Waals surface area contributed by atoms with E-state index in [2.05, 4.69) is 19.2 Å². The lowest BCUT2D eigenvalue weighted by Crippen LogP contribution is -2.30. The van der Waals surface area contributed by atoms with E-state index in [1.807, 2.05) is 60.7 Å². The van der Waals surface area contributed by atoms with Gasteiger partial charge in [0.2, 0.25) is 0 Å². The fourth-order valence-corrected chi connectivity index (χ4v) is 3.74. The third-order valence-electron chi connectivity index (χ3n) is 5.51. The van der Waals surface area contributed by atoms with Crippen molar-refractivity contribution in [3.63, 3.8) is 0 Å². The molecular weight excluding hydrogens is 375 g/mol. The highest BCUT2D eigenvalue weighted by Crippen LogP contribution is 2.36. The van der Waals surface area contributed by atoms with Crippen molar-refractivity contribution in [3.05, 3.63) is 107 Å². The number of anilines is 2. The van der Waals surface area contributed by atoms with Crippen LogP contribution < -0.4 is 10.2 Å². The van der Waals surface area contributed by atoms with E-state index in [0.717, 1.165) is 29.8 Å². The highest BCUT2D eigenvalue weighted by atomic mass is 19.1. The Morgan fingerprint density at radius 1 is 0.900 bits per heavy atom. The number of carbonyl (C=O) groups is 1. The molecule has 30 heavy (non-hydrogen) atoms. The van der Waals surface area contributed by atoms with Crippen LogP contribution in [0.5, 0.6) is 0 Å². The minimum atomic E-state index is -0.377. The van der Waals surface area contributed by atoms with Crippen LogP contribution in [0.1, 0.15) is 36.6 Å². The summed E-state index contributed by atoms with van der Waals surface area (Å²) in [5.41, 5.74) is 5.32. The first kappa shape index (κ1) is 19.9. The second-order valence-electron chi connectivity index (χ2n) is 7.45. The predicted molar refractivity (Wildman–Crippen MR) is 120 cm³/mol. The Morgan fingerprint density at radius 3 is 2.13 bits per heavy atom. The maximum atomic E-state index is 13.9. The van der Waals surface area contributed by atoms with Crippen molar-refractivity contribution in [1.29, 1.82) is 0 Å².